The number of Topliss-reactive ketones (excluding diaryl/α,β-unsaturated/α-hetero) is 1. The Morgan fingerprint density at radius 2 is 1.73 bits per heavy atom. The fourth-order valence-corrected chi connectivity index (χ4v) is 2.58. The van der Waals surface area contributed by atoms with E-state index in [4.69, 9.17) is 9.31 Å². The predicted octanol–water partition coefficient (Wildman–Crippen LogP) is 3.18. The third kappa shape index (κ3) is 4.40. The van der Waals surface area contributed by atoms with Crippen molar-refractivity contribution in [2.45, 2.75) is 52.7 Å². The lowest BCUT2D eigenvalue weighted by Crippen LogP contribution is -2.41. The summed E-state index contributed by atoms with van der Waals surface area (Å²) in [5.41, 5.74) is 0.377. The van der Waals surface area contributed by atoms with Gasteiger partial charge in [0.1, 0.15) is 5.82 Å². The molecule has 1 saturated heterocycles. The Bertz CT molecular complexity index is 742. The lowest BCUT2D eigenvalue weighted by atomic mass is 9.76. The first kappa shape index (κ1) is 20.3. The molecule has 0 aliphatic carbocycles. The average molecular weight is 361 g/mol. The molecule has 1 amide bonds. The minimum Gasteiger partial charge on any atom is -0.400 e. The van der Waals surface area contributed by atoms with E-state index in [9.17, 15) is 14.0 Å². The minimum atomic E-state index is -0.684. The number of hydrogen-bond acceptors (Lipinski definition) is 4. The molecule has 26 heavy (non-hydrogen) atoms. The number of hydrogen-bond donors (Lipinski definition) is 1. The first-order valence-electron chi connectivity index (χ1n) is 8.54. The van der Waals surface area contributed by atoms with E-state index in [0.717, 1.165) is 0 Å². The summed E-state index contributed by atoms with van der Waals surface area (Å²) in [5.74, 6) is -0.923. The number of amides is 1. The molecule has 0 radical (unpaired) electrons. The number of carbonyl (C=O) groups excluding carboxylic acids is 2. The van der Waals surface area contributed by atoms with Gasteiger partial charge in [0.2, 0.25) is 5.91 Å². The van der Waals surface area contributed by atoms with E-state index >= 15 is 0 Å². The van der Waals surface area contributed by atoms with Gasteiger partial charge in [0, 0.05) is 19.0 Å². The van der Waals surface area contributed by atoms with Crippen LogP contribution >= 0.6 is 0 Å². The second-order valence-corrected chi connectivity index (χ2v) is 7.51. The SMILES string of the molecule is CC(=O)NCC(=Cc1ccc(F)cc1C(C)=O)B1OC(C)(C)C(C)(C)O1. The van der Waals surface area contributed by atoms with E-state index in [0.29, 0.717) is 11.0 Å². The second kappa shape index (κ2) is 7.33. The number of ketones is 1. The topological polar surface area (TPSA) is 64.6 Å². The molecule has 1 heterocycles. The highest BCUT2D eigenvalue weighted by Gasteiger charge is 2.52. The van der Waals surface area contributed by atoms with Gasteiger partial charge in [0.25, 0.3) is 0 Å². The molecule has 1 aromatic rings. The maximum absolute atomic E-state index is 13.5. The summed E-state index contributed by atoms with van der Waals surface area (Å²) < 4.78 is 25.6. The van der Waals surface area contributed by atoms with E-state index in [2.05, 4.69) is 5.32 Å². The highest BCUT2D eigenvalue weighted by molar-refractivity contribution is 6.56. The van der Waals surface area contributed by atoms with Gasteiger partial charge in [-0.05, 0) is 57.8 Å². The number of rotatable bonds is 5. The molecule has 0 atom stereocenters. The molecular formula is C19H25BFNO4. The van der Waals surface area contributed by atoms with Crippen LogP contribution in [0, 0.1) is 5.82 Å². The number of benzene rings is 1. The van der Waals surface area contributed by atoms with Crippen LogP contribution < -0.4 is 5.32 Å². The lowest BCUT2D eigenvalue weighted by molar-refractivity contribution is -0.118. The number of nitrogens with one attached hydrogen (secondary N) is 1. The van der Waals surface area contributed by atoms with Crippen LogP contribution in [-0.4, -0.2) is 36.6 Å². The second-order valence-electron chi connectivity index (χ2n) is 7.51. The third-order valence-corrected chi connectivity index (χ3v) is 4.83. The Labute approximate surface area is 154 Å². The van der Waals surface area contributed by atoms with Crippen LogP contribution in [0.25, 0.3) is 6.08 Å². The predicted molar refractivity (Wildman–Crippen MR) is 99.1 cm³/mol. The maximum Gasteiger partial charge on any atom is 0.492 e. The van der Waals surface area contributed by atoms with Gasteiger partial charge in [-0.1, -0.05) is 12.1 Å². The van der Waals surface area contributed by atoms with Gasteiger partial charge in [-0.25, -0.2) is 4.39 Å². The molecular weight excluding hydrogens is 336 g/mol. The van der Waals surface area contributed by atoms with E-state index in [1.807, 2.05) is 27.7 Å². The molecule has 0 aromatic heterocycles. The van der Waals surface area contributed by atoms with Crippen LogP contribution in [0.2, 0.25) is 0 Å². The van der Waals surface area contributed by atoms with Crippen LogP contribution in [0.3, 0.4) is 0 Å². The molecule has 1 N–H and O–H groups in total. The molecule has 1 aliphatic heterocycles. The third-order valence-electron chi connectivity index (χ3n) is 4.83. The van der Waals surface area contributed by atoms with Crippen LogP contribution in [-0.2, 0) is 14.1 Å². The molecule has 2 rings (SSSR count). The summed E-state index contributed by atoms with van der Waals surface area (Å²) in [6.07, 6.45) is 1.72. The summed E-state index contributed by atoms with van der Waals surface area (Å²) >= 11 is 0. The van der Waals surface area contributed by atoms with E-state index < -0.39 is 24.1 Å². The maximum atomic E-state index is 13.5. The fourth-order valence-electron chi connectivity index (χ4n) is 2.58. The van der Waals surface area contributed by atoms with Crippen LogP contribution in [0.1, 0.15) is 57.5 Å². The van der Waals surface area contributed by atoms with Crippen LogP contribution in [0.4, 0.5) is 4.39 Å². The highest BCUT2D eigenvalue weighted by atomic mass is 19.1. The largest absolute Gasteiger partial charge is 0.492 e. The zero-order chi connectivity index (χ0) is 19.7. The molecule has 0 saturated carbocycles. The van der Waals surface area contributed by atoms with Crippen molar-refractivity contribution >= 4 is 24.9 Å². The molecule has 1 fully saturated rings. The van der Waals surface area contributed by atoms with E-state index in [-0.39, 0.29) is 23.8 Å². The quantitative estimate of drug-likeness (QED) is 0.646. The van der Waals surface area contributed by atoms with Crippen LogP contribution in [0.5, 0.6) is 0 Å². The van der Waals surface area contributed by atoms with Crippen molar-refractivity contribution in [1.29, 1.82) is 0 Å². The number of halogens is 1. The molecule has 7 heteroatoms. The van der Waals surface area contributed by atoms with Gasteiger partial charge in [-0.3, -0.25) is 9.59 Å². The Kier molecular flexibility index (Phi) is 5.73. The van der Waals surface area contributed by atoms with Crippen molar-refractivity contribution in [3.63, 3.8) is 0 Å². The monoisotopic (exact) mass is 361 g/mol. The fraction of sp³-hybridized carbons (Fsp3) is 0.474. The smallest absolute Gasteiger partial charge is 0.400 e. The molecule has 0 bridgehead atoms. The molecule has 0 spiro atoms. The van der Waals surface area contributed by atoms with Crippen LogP contribution in [0.15, 0.2) is 23.7 Å². The number of carbonyl (C=O) groups is 2. The van der Waals surface area contributed by atoms with Gasteiger partial charge in [0.15, 0.2) is 5.78 Å². The van der Waals surface area contributed by atoms with Crippen molar-refractivity contribution in [3.05, 3.63) is 40.6 Å². The lowest BCUT2D eigenvalue weighted by Gasteiger charge is -2.32. The minimum absolute atomic E-state index is 0.195. The Hall–Kier alpha value is -1.99. The standard InChI is InChI=1S/C19H25BFNO4/c1-12(23)17-10-16(21)8-7-14(17)9-15(11-22-13(2)24)20-25-18(3,4)19(5,6)26-20/h7-10H,11H2,1-6H3,(H,22,24). The van der Waals surface area contributed by atoms with Crippen molar-refractivity contribution in [2.24, 2.45) is 0 Å². The zero-order valence-corrected chi connectivity index (χ0v) is 16.1. The summed E-state index contributed by atoms with van der Waals surface area (Å²) in [7, 11) is -0.684. The van der Waals surface area contributed by atoms with Crippen molar-refractivity contribution in [1.82, 2.24) is 5.32 Å². The molecule has 0 unspecified atom stereocenters. The van der Waals surface area contributed by atoms with Crippen molar-refractivity contribution in [2.75, 3.05) is 6.54 Å². The van der Waals surface area contributed by atoms with E-state index in [1.165, 1.54) is 32.0 Å². The van der Waals surface area contributed by atoms with Crippen molar-refractivity contribution < 1.29 is 23.3 Å². The molecule has 1 aliphatic rings. The van der Waals surface area contributed by atoms with Gasteiger partial charge in [-0.15, -0.1) is 0 Å². The Balaban J connectivity index is 2.45. The summed E-state index contributed by atoms with van der Waals surface area (Å²) in [4.78, 5) is 23.2. The molecule has 1 aromatic carbocycles. The summed E-state index contributed by atoms with van der Waals surface area (Å²) in [6.45, 7) is 10.7. The summed E-state index contributed by atoms with van der Waals surface area (Å²) in [6, 6.07) is 4.03. The summed E-state index contributed by atoms with van der Waals surface area (Å²) in [5, 5.41) is 2.73. The first-order valence-corrected chi connectivity index (χ1v) is 8.54. The van der Waals surface area contributed by atoms with Crippen molar-refractivity contribution in [3.8, 4) is 0 Å². The highest BCUT2D eigenvalue weighted by Crippen LogP contribution is 2.38. The molecule has 140 valence electrons. The van der Waals surface area contributed by atoms with Gasteiger partial charge >= 0.3 is 7.12 Å². The van der Waals surface area contributed by atoms with Gasteiger partial charge in [-0.2, -0.15) is 0 Å². The van der Waals surface area contributed by atoms with Gasteiger partial charge in [0.05, 0.1) is 11.2 Å². The Morgan fingerprint density at radius 3 is 2.23 bits per heavy atom. The average Bonchev–Trinajstić information content (AvgIpc) is 2.72. The van der Waals surface area contributed by atoms with E-state index in [1.54, 1.807) is 6.08 Å². The normalized spacial score (nSPS) is 18.7. The molecule has 5 nitrogen and oxygen atoms in total. The Morgan fingerprint density at radius 1 is 1.15 bits per heavy atom. The zero-order valence-electron chi connectivity index (χ0n) is 16.1. The van der Waals surface area contributed by atoms with Gasteiger partial charge < -0.3 is 14.6 Å². The first-order chi connectivity index (χ1) is 11.9.